The SMILES string of the molecule is O=C(Nc1ccc(Cl)cn1)C1CCCN(C(=O)CCNS(=O)(=O)c2ccc(F)cc2)C1. The number of carbonyl (C=O) groups excluding carboxylic acids is 2. The number of piperidine rings is 1. The second-order valence-corrected chi connectivity index (χ2v) is 9.33. The first-order valence-corrected chi connectivity index (χ1v) is 11.6. The summed E-state index contributed by atoms with van der Waals surface area (Å²) in [5, 5.41) is 3.18. The number of anilines is 1. The lowest BCUT2D eigenvalue weighted by Gasteiger charge is -2.32. The molecule has 0 radical (unpaired) electrons. The van der Waals surface area contributed by atoms with Crippen LogP contribution in [0, 0.1) is 11.7 Å². The fourth-order valence-corrected chi connectivity index (χ4v) is 4.39. The average molecular weight is 469 g/mol. The van der Waals surface area contributed by atoms with Gasteiger partial charge in [0.2, 0.25) is 21.8 Å². The lowest BCUT2D eigenvalue weighted by Crippen LogP contribution is -2.44. The fourth-order valence-electron chi connectivity index (χ4n) is 3.24. The van der Waals surface area contributed by atoms with Gasteiger partial charge in [-0.15, -0.1) is 0 Å². The monoisotopic (exact) mass is 468 g/mol. The zero-order chi connectivity index (χ0) is 22.4. The van der Waals surface area contributed by atoms with Gasteiger partial charge in [0.05, 0.1) is 15.8 Å². The topological polar surface area (TPSA) is 108 Å². The quantitative estimate of drug-likeness (QED) is 0.648. The summed E-state index contributed by atoms with van der Waals surface area (Å²) in [6.45, 7) is 0.663. The Morgan fingerprint density at radius 2 is 1.94 bits per heavy atom. The molecule has 1 atom stereocenters. The molecule has 0 spiro atoms. The molecule has 0 aliphatic carbocycles. The van der Waals surface area contributed by atoms with Gasteiger partial charge in [0.15, 0.2) is 0 Å². The molecule has 2 amide bonds. The number of sulfonamides is 1. The summed E-state index contributed by atoms with van der Waals surface area (Å²) in [4.78, 5) is 30.5. The van der Waals surface area contributed by atoms with E-state index in [2.05, 4.69) is 15.0 Å². The van der Waals surface area contributed by atoms with E-state index >= 15 is 0 Å². The van der Waals surface area contributed by atoms with Crippen molar-refractivity contribution in [2.45, 2.75) is 24.2 Å². The molecule has 31 heavy (non-hydrogen) atoms. The molecule has 1 aliphatic heterocycles. The molecule has 8 nitrogen and oxygen atoms in total. The van der Waals surface area contributed by atoms with Gasteiger partial charge in [-0.05, 0) is 49.2 Å². The number of pyridine rings is 1. The number of benzene rings is 1. The Bertz CT molecular complexity index is 1030. The number of nitrogens with one attached hydrogen (secondary N) is 2. The van der Waals surface area contributed by atoms with Crippen LogP contribution in [-0.4, -0.2) is 49.8 Å². The van der Waals surface area contributed by atoms with Gasteiger partial charge in [-0.2, -0.15) is 0 Å². The third kappa shape index (κ3) is 6.46. The minimum atomic E-state index is -3.83. The molecular formula is C20H22ClFN4O4S. The highest BCUT2D eigenvalue weighted by Crippen LogP contribution is 2.19. The summed E-state index contributed by atoms with van der Waals surface area (Å²) in [5.41, 5.74) is 0. The lowest BCUT2D eigenvalue weighted by atomic mass is 9.97. The molecule has 1 aromatic heterocycles. The molecule has 166 valence electrons. The van der Waals surface area contributed by atoms with Gasteiger partial charge in [-0.25, -0.2) is 22.5 Å². The van der Waals surface area contributed by atoms with Crippen molar-refractivity contribution in [1.82, 2.24) is 14.6 Å². The van der Waals surface area contributed by atoms with Crippen molar-refractivity contribution in [3.05, 3.63) is 53.4 Å². The smallest absolute Gasteiger partial charge is 0.240 e. The zero-order valence-electron chi connectivity index (χ0n) is 16.6. The van der Waals surface area contributed by atoms with E-state index < -0.39 is 15.8 Å². The highest BCUT2D eigenvalue weighted by Gasteiger charge is 2.28. The van der Waals surface area contributed by atoms with E-state index in [4.69, 9.17) is 11.6 Å². The minimum Gasteiger partial charge on any atom is -0.342 e. The molecule has 0 saturated carbocycles. The van der Waals surface area contributed by atoms with Crippen LogP contribution >= 0.6 is 11.6 Å². The third-order valence-corrected chi connectivity index (χ3v) is 6.58. The van der Waals surface area contributed by atoms with Crippen LogP contribution in [0.15, 0.2) is 47.5 Å². The van der Waals surface area contributed by atoms with E-state index in [-0.39, 0.29) is 42.1 Å². The molecule has 0 bridgehead atoms. The maximum Gasteiger partial charge on any atom is 0.240 e. The van der Waals surface area contributed by atoms with E-state index in [0.29, 0.717) is 30.2 Å². The van der Waals surface area contributed by atoms with Crippen molar-refractivity contribution >= 4 is 39.3 Å². The maximum atomic E-state index is 13.0. The van der Waals surface area contributed by atoms with E-state index in [0.717, 1.165) is 24.3 Å². The fraction of sp³-hybridized carbons (Fsp3) is 0.350. The van der Waals surface area contributed by atoms with Crippen LogP contribution in [0.4, 0.5) is 10.2 Å². The Hall–Kier alpha value is -2.56. The van der Waals surface area contributed by atoms with Gasteiger partial charge in [0, 0.05) is 32.3 Å². The van der Waals surface area contributed by atoms with E-state index in [9.17, 15) is 22.4 Å². The summed E-state index contributed by atoms with van der Waals surface area (Å²) in [5.74, 6) is -1.02. The Kier molecular flexibility index (Phi) is 7.58. The second-order valence-electron chi connectivity index (χ2n) is 7.13. The zero-order valence-corrected chi connectivity index (χ0v) is 18.1. The number of nitrogens with zero attached hydrogens (tertiary/aromatic N) is 2. The normalized spacial score (nSPS) is 16.7. The minimum absolute atomic E-state index is 0.0481. The lowest BCUT2D eigenvalue weighted by molar-refractivity contribution is -0.134. The number of hydrogen-bond acceptors (Lipinski definition) is 5. The van der Waals surface area contributed by atoms with Gasteiger partial charge in [-0.1, -0.05) is 11.6 Å². The maximum absolute atomic E-state index is 13.0. The van der Waals surface area contributed by atoms with Gasteiger partial charge in [-0.3, -0.25) is 9.59 Å². The molecule has 1 aliphatic rings. The molecule has 3 rings (SSSR count). The van der Waals surface area contributed by atoms with Crippen LogP contribution < -0.4 is 10.0 Å². The van der Waals surface area contributed by atoms with Gasteiger partial charge < -0.3 is 10.2 Å². The molecule has 1 unspecified atom stereocenters. The molecule has 11 heteroatoms. The molecule has 1 aromatic carbocycles. The second kappa shape index (κ2) is 10.2. The van der Waals surface area contributed by atoms with E-state index in [1.165, 1.54) is 6.20 Å². The van der Waals surface area contributed by atoms with E-state index in [1.54, 1.807) is 17.0 Å². The number of hydrogen-bond donors (Lipinski definition) is 2. The first-order chi connectivity index (χ1) is 14.7. The Morgan fingerprint density at radius 3 is 2.61 bits per heavy atom. The van der Waals surface area contributed by atoms with Crippen LogP contribution in [0.1, 0.15) is 19.3 Å². The summed E-state index contributed by atoms with van der Waals surface area (Å²) >= 11 is 5.78. The molecule has 1 saturated heterocycles. The average Bonchev–Trinajstić information content (AvgIpc) is 2.75. The highest BCUT2D eigenvalue weighted by molar-refractivity contribution is 7.89. The summed E-state index contributed by atoms with van der Waals surface area (Å²) in [6, 6.07) is 7.63. The number of carbonyl (C=O) groups is 2. The van der Waals surface area contributed by atoms with Crippen molar-refractivity contribution < 1.29 is 22.4 Å². The van der Waals surface area contributed by atoms with E-state index in [1.807, 2.05) is 0 Å². The van der Waals surface area contributed by atoms with Gasteiger partial charge >= 0.3 is 0 Å². The Balaban J connectivity index is 1.49. The van der Waals surface area contributed by atoms with Crippen molar-refractivity contribution in [3.63, 3.8) is 0 Å². The summed E-state index contributed by atoms with van der Waals surface area (Å²) < 4.78 is 39.7. The molecule has 2 heterocycles. The number of aromatic nitrogens is 1. The Labute approximate surface area is 184 Å². The molecule has 1 fully saturated rings. The van der Waals surface area contributed by atoms with Crippen LogP contribution in [0.3, 0.4) is 0 Å². The molecular weight excluding hydrogens is 447 g/mol. The number of amides is 2. The van der Waals surface area contributed by atoms with Gasteiger partial charge in [0.25, 0.3) is 0 Å². The van der Waals surface area contributed by atoms with Crippen molar-refractivity contribution in [2.24, 2.45) is 5.92 Å². The molecule has 2 N–H and O–H groups in total. The Morgan fingerprint density at radius 1 is 1.19 bits per heavy atom. The highest BCUT2D eigenvalue weighted by atomic mass is 35.5. The summed E-state index contributed by atoms with van der Waals surface area (Å²) in [6.07, 6.45) is 2.69. The third-order valence-electron chi connectivity index (χ3n) is 4.88. The van der Waals surface area contributed by atoms with Crippen LogP contribution in [0.5, 0.6) is 0 Å². The largest absolute Gasteiger partial charge is 0.342 e. The van der Waals surface area contributed by atoms with Gasteiger partial charge in [0.1, 0.15) is 11.6 Å². The van der Waals surface area contributed by atoms with Crippen LogP contribution in [-0.2, 0) is 19.6 Å². The number of halogens is 2. The number of rotatable bonds is 7. The van der Waals surface area contributed by atoms with Crippen molar-refractivity contribution in [1.29, 1.82) is 0 Å². The molecule has 2 aromatic rings. The summed E-state index contributed by atoms with van der Waals surface area (Å²) in [7, 11) is -3.83. The van der Waals surface area contributed by atoms with Crippen molar-refractivity contribution in [2.75, 3.05) is 25.0 Å². The number of likely N-dealkylation sites (tertiary alicyclic amines) is 1. The standard InChI is InChI=1S/C20H22ClFN4O4S/c21-15-3-8-18(23-12-15)25-20(28)14-2-1-11-26(13-14)19(27)9-10-24-31(29,30)17-6-4-16(22)5-7-17/h3-8,12,14,24H,1-2,9-11,13H2,(H,23,25,28). The van der Waals surface area contributed by atoms with Crippen LogP contribution in [0.25, 0.3) is 0 Å². The predicted octanol–water partition coefficient (Wildman–Crippen LogP) is 2.42. The predicted molar refractivity (Wildman–Crippen MR) is 113 cm³/mol. The van der Waals surface area contributed by atoms with Crippen molar-refractivity contribution in [3.8, 4) is 0 Å². The van der Waals surface area contributed by atoms with Crippen LogP contribution in [0.2, 0.25) is 5.02 Å². The first-order valence-electron chi connectivity index (χ1n) is 9.70. The first kappa shape index (κ1) is 23.1.